The molecule has 24 heavy (non-hydrogen) atoms. The first-order valence-corrected chi connectivity index (χ1v) is 6.99. The third-order valence-corrected chi connectivity index (χ3v) is 2.31. The fourth-order valence-corrected chi connectivity index (χ4v) is 1.49. The number of rotatable bonds is 8. The van der Waals surface area contributed by atoms with Crippen LogP contribution in [0.25, 0.3) is 0 Å². The Morgan fingerprint density at radius 3 is 1.42 bits per heavy atom. The molecule has 1 rings (SSSR count). The molecule has 11 heteroatoms. The molecule has 4 N–H and O–H groups in total. The van der Waals surface area contributed by atoms with Crippen LogP contribution in [0.1, 0.15) is 20.8 Å². The molecule has 0 aromatic carbocycles. The standard InChI is InChI=1S/C10H18O5.C3H3N3O3/c1-5-13-10(14-6-2,15-7-3)8(4)9(11)12;7-1-4-2(8)6-3(9)5-1/h4-7H2,1-3H3,(H,11,12);(H3,4,5,6,7,8,9). The molecule has 0 unspecified atom stereocenters. The normalized spacial score (nSPS) is 10.6. The van der Waals surface area contributed by atoms with Crippen molar-refractivity contribution in [3.63, 3.8) is 0 Å². The fourth-order valence-electron chi connectivity index (χ4n) is 1.49. The van der Waals surface area contributed by atoms with Crippen molar-refractivity contribution in [2.75, 3.05) is 19.8 Å². The molecule has 0 saturated carbocycles. The van der Waals surface area contributed by atoms with E-state index >= 15 is 0 Å². The highest BCUT2D eigenvalue weighted by atomic mass is 16.9. The smallest absolute Gasteiger partial charge is 0.339 e. The Kier molecular flexibility index (Phi) is 9.23. The molecular formula is C13H21N3O8. The van der Waals surface area contributed by atoms with Gasteiger partial charge in [-0.25, -0.2) is 19.2 Å². The van der Waals surface area contributed by atoms with E-state index in [1.54, 1.807) is 35.7 Å². The summed E-state index contributed by atoms with van der Waals surface area (Å²) < 4.78 is 15.6. The second kappa shape index (κ2) is 10.3. The van der Waals surface area contributed by atoms with Gasteiger partial charge in [0.15, 0.2) is 0 Å². The number of H-pyrrole nitrogens is 3. The number of carbonyl (C=O) groups is 1. The number of hydrogen-bond acceptors (Lipinski definition) is 7. The number of carboxylic acid groups (broad SMARTS) is 1. The summed E-state index contributed by atoms with van der Waals surface area (Å²) >= 11 is 0. The number of aromatic amines is 3. The van der Waals surface area contributed by atoms with E-state index in [2.05, 4.69) is 6.58 Å². The highest BCUT2D eigenvalue weighted by Gasteiger charge is 2.40. The summed E-state index contributed by atoms with van der Waals surface area (Å²) in [5.41, 5.74) is -2.66. The van der Waals surface area contributed by atoms with E-state index in [1.807, 2.05) is 0 Å². The van der Waals surface area contributed by atoms with Crippen LogP contribution < -0.4 is 17.1 Å². The van der Waals surface area contributed by atoms with Crippen molar-refractivity contribution in [2.45, 2.75) is 26.7 Å². The summed E-state index contributed by atoms with van der Waals surface area (Å²) in [4.78, 5) is 46.7. The molecule has 0 radical (unpaired) electrons. The Labute approximate surface area is 136 Å². The number of ether oxygens (including phenoxy) is 3. The van der Waals surface area contributed by atoms with Gasteiger partial charge in [0.25, 0.3) is 0 Å². The quantitative estimate of drug-likeness (QED) is 0.348. The summed E-state index contributed by atoms with van der Waals surface area (Å²) in [6.07, 6.45) is 0. The highest BCUT2D eigenvalue weighted by Crippen LogP contribution is 2.24. The van der Waals surface area contributed by atoms with Crippen LogP contribution in [0.4, 0.5) is 0 Å². The molecule has 1 heterocycles. The van der Waals surface area contributed by atoms with Crippen LogP contribution in [-0.2, 0) is 19.0 Å². The van der Waals surface area contributed by atoms with E-state index in [1.165, 1.54) is 0 Å². The lowest BCUT2D eigenvalue weighted by atomic mass is 10.2. The molecule has 0 fully saturated rings. The zero-order valence-corrected chi connectivity index (χ0v) is 13.6. The molecule has 1 aromatic rings. The average molecular weight is 347 g/mol. The van der Waals surface area contributed by atoms with Gasteiger partial charge in [-0.15, -0.1) is 0 Å². The number of nitrogens with one attached hydrogen (secondary N) is 3. The fraction of sp³-hybridized carbons (Fsp3) is 0.538. The third kappa shape index (κ3) is 6.73. The van der Waals surface area contributed by atoms with Crippen LogP contribution in [0, 0.1) is 0 Å². The van der Waals surface area contributed by atoms with Gasteiger partial charge in [-0.3, -0.25) is 15.0 Å². The van der Waals surface area contributed by atoms with Crippen molar-refractivity contribution in [3.8, 4) is 0 Å². The summed E-state index contributed by atoms with van der Waals surface area (Å²) in [5.74, 6) is -2.87. The minimum atomic E-state index is -1.66. The van der Waals surface area contributed by atoms with Crippen molar-refractivity contribution >= 4 is 5.97 Å². The first-order valence-electron chi connectivity index (χ1n) is 6.99. The molecule has 136 valence electrons. The summed E-state index contributed by atoms with van der Waals surface area (Å²) in [5, 5.41) is 8.86. The molecule has 0 aliphatic carbocycles. The summed E-state index contributed by atoms with van der Waals surface area (Å²) in [7, 11) is 0. The Bertz CT molecular complexity index is 606. The molecule has 0 aliphatic heterocycles. The molecule has 1 aromatic heterocycles. The predicted molar refractivity (Wildman–Crippen MR) is 82.7 cm³/mol. The van der Waals surface area contributed by atoms with E-state index in [9.17, 15) is 19.2 Å². The van der Waals surface area contributed by atoms with Gasteiger partial charge < -0.3 is 19.3 Å². The lowest BCUT2D eigenvalue weighted by Gasteiger charge is -2.31. The summed E-state index contributed by atoms with van der Waals surface area (Å²) in [6, 6.07) is 0. The van der Waals surface area contributed by atoms with Gasteiger partial charge in [-0.1, -0.05) is 6.58 Å². The number of carboxylic acids is 1. The largest absolute Gasteiger partial charge is 0.478 e. The van der Waals surface area contributed by atoms with Crippen LogP contribution in [0.5, 0.6) is 0 Å². The second-order valence-electron chi connectivity index (χ2n) is 4.00. The van der Waals surface area contributed by atoms with Gasteiger partial charge >= 0.3 is 29.0 Å². The predicted octanol–water partition coefficient (Wildman–Crippen LogP) is -0.858. The SMILES string of the molecule is C=C(C(=O)O)C(OCC)(OCC)OCC.O=c1[nH]c(=O)[nH]c(=O)[nH]1. The van der Waals surface area contributed by atoms with Crippen LogP contribution in [0.3, 0.4) is 0 Å². The monoisotopic (exact) mass is 347 g/mol. The molecule has 0 bridgehead atoms. The zero-order valence-electron chi connectivity index (χ0n) is 13.6. The second-order valence-corrected chi connectivity index (χ2v) is 4.00. The first kappa shape index (κ1) is 21.5. The van der Waals surface area contributed by atoms with Gasteiger partial charge in [-0.05, 0) is 20.8 Å². The van der Waals surface area contributed by atoms with Crippen LogP contribution >= 0.6 is 0 Å². The van der Waals surface area contributed by atoms with E-state index in [4.69, 9.17) is 19.3 Å². The lowest BCUT2D eigenvalue weighted by molar-refractivity contribution is -0.351. The number of aromatic nitrogens is 3. The zero-order chi connectivity index (χ0) is 18.8. The number of hydrogen-bond donors (Lipinski definition) is 4. The van der Waals surface area contributed by atoms with Gasteiger partial charge in [0.1, 0.15) is 5.57 Å². The van der Waals surface area contributed by atoms with E-state index in [-0.39, 0.29) is 25.4 Å². The maximum atomic E-state index is 10.8. The van der Waals surface area contributed by atoms with Crippen LogP contribution in [0.15, 0.2) is 26.5 Å². The topological polar surface area (TPSA) is 164 Å². The van der Waals surface area contributed by atoms with E-state index in [0.717, 1.165) is 0 Å². The lowest BCUT2D eigenvalue weighted by Crippen LogP contribution is -2.43. The molecule has 0 atom stereocenters. The van der Waals surface area contributed by atoms with Gasteiger partial charge in [0.05, 0.1) is 0 Å². The van der Waals surface area contributed by atoms with Crippen molar-refractivity contribution in [2.24, 2.45) is 0 Å². The highest BCUT2D eigenvalue weighted by molar-refractivity contribution is 5.87. The van der Waals surface area contributed by atoms with Crippen molar-refractivity contribution in [1.82, 2.24) is 15.0 Å². The Balaban J connectivity index is 0.000000496. The van der Waals surface area contributed by atoms with Crippen LogP contribution in [0.2, 0.25) is 0 Å². The van der Waals surface area contributed by atoms with Gasteiger partial charge in [-0.2, -0.15) is 0 Å². The van der Waals surface area contributed by atoms with Crippen molar-refractivity contribution < 1.29 is 24.1 Å². The molecule has 11 nitrogen and oxygen atoms in total. The van der Waals surface area contributed by atoms with Crippen LogP contribution in [-0.4, -0.2) is 51.8 Å². The molecular weight excluding hydrogens is 326 g/mol. The third-order valence-electron chi connectivity index (χ3n) is 2.31. The maximum absolute atomic E-state index is 10.8. The van der Waals surface area contributed by atoms with Crippen molar-refractivity contribution in [3.05, 3.63) is 43.6 Å². The Morgan fingerprint density at radius 2 is 1.21 bits per heavy atom. The molecule has 0 aliphatic rings. The summed E-state index contributed by atoms with van der Waals surface area (Å²) in [6.45, 7) is 9.39. The van der Waals surface area contributed by atoms with Crippen molar-refractivity contribution in [1.29, 1.82) is 0 Å². The Hall–Kier alpha value is -2.50. The molecule has 0 saturated heterocycles. The van der Waals surface area contributed by atoms with Gasteiger partial charge in [0, 0.05) is 19.8 Å². The maximum Gasteiger partial charge on any atom is 0.339 e. The number of aliphatic carboxylic acids is 1. The molecule has 0 amide bonds. The van der Waals surface area contributed by atoms with Gasteiger partial charge in [0.2, 0.25) is 0 Å². The minimum absolute atomic E-state index is 0.256. The Morgan fingerprint density at radius 1 is 0.917 bits per heavy atom. The van der Waals surface area contributed by atoms with E-state index in [0.29, 0.717) is 0 Å². The average Bonchev–Trinajstić information content (AvgIpc) is 2.46. The first-order chi connectivity index (χ1) is 11.2. The minimum Gasteiger partial charge on any atom is -0.478 e. The van der Waals surface area contributed by atoms with E-state index < -0.39 is 29.0 Å². The molecule has 0 spiro atoms.